The number of carbonyl (C=O) groups excluding carboxylic acids is 1. The molecule has 0 aromatic carbocycles. The minimum Gasteiger partial charge on any atom is -0.388 e. The highest BCUT2D eigenvalue weighted by Crippen LogP contribution is 2.39. The Kier molecular flexibility index (Phi) is 4.21. The normalized spacial score (nSPS) is 33.1. The molecule has 4 nitrogen and oxygen atoms in total. The summed E-state index contributed by atoms with van der Waals surface area (Å²) in [6.07, 6.45) is 5.14. The molecule has 2 atom stereocenters. The lowest BCUT2D eigenvalue weighted by atomic mass is 9.71. The van der Waals surface area contributed by atoms with Gasteiger partial charge in [-0.3, -0.25) is 4.79 Å². The molecule has 2 unspecified atom stereocenters. The van der Waals surface area contributed by atoms with Crippen LogP contribution in [0.5, 0.6) is 0 Å². The first-order valence-electron chi connectivity index (χ1n) is 7.45. The van der Waals surface area contributed by atoms with Crippen molar-refractivity contribution in [2.75, 3.05) is 6.54 Å². The maximum absolute atomic E-state index is 12.0. The number of hydrogen-bond acceptors (Lipinski definition) is 3. The van der Waals surface area contributed by atoms with Crippen LogP contribution in [0.1, 0.15) is 59.3 Å². The second-order valence-electron chi connectivity index (χ2n) is 7.12. The van der Waals surface area contributed by atoms with Crippen LogP contribution in [0.3, 0.4) is 0 Å². The van der Waals surface area contributed by atoms with Crippen molar-refractivity contribution in [3.8, 4) is 0 Å². The molecule has 0 aromatic rings. The van der Waals surface area contributed by atoms with Gasteiger partial charge in [0.2, 0.25) is 5.91 Å². The van der Waals surface area contributed by atoms with Crippen molar-refractivity contribution < 1.29 is 14.6 Å². The van der Waals surface area contributed by atoms with E-state index in [2.05, 4.69) is 19.2 Å². The minimum absolute atomic E-state index is 0.0670. The molecule has 1 amide bonds. The van der Waals surface area contributed by atoms with E-state index in [4.69, 9.17) is 4.74 Å². The Hall–Kier alpha value is -0.610. The van der Waals surface area contributed by atoms with Crippen LogP contribution in [0.15, 0.2) is 0 Å². The van der Waals surface area contributed by atoms with Crippen LogP contribution in [-0.4, -0.2) is 35.4 Å². The monoisotopic (exact) mass is 269 g/mol. The van der Waals surface area contributed by atoms with Crippen LogP contribution < -0.4 is 5.32 Å². The third kappa shape index (κ3) is 3.93. The van der Waals surface area contributed by atoms with E-state index < -0.39 is 5.60 Å². The van der Waals surface area contributed by atoms with Crippen molar-refractivity contribution in [1.29, 1.82) is 0 Å². The molecule has 0 aromatic heterocycles. The summed E-state index contributed by atoms with van der Waals surface area (Å²) in [5.74, 6) is -0.0670. The first-order valence-corrected chi connectivity index (χ1v) is 7.45. The molecule has 0 radical (unpaired) electrons. The van der Waals surface area contributed by atoms with E-state index >= 15 is 0 Å². The number of ether oxygens (including phenoxy) is 1. The van der Waals surface area contributed by atoms with Crippen molar-refractivity contribution in [3.63, 3.8) is 0 Å². The highest BCUT2D eigenvalue weighted by Gasteiger charge is 2.37. The Morgan fingerprint density at radius 3 is 2.42 bits per heavy atom. The quantitative estimate of drug-likeness (QED) is 0.824. The van der Waals surface area contributed by atoms with E-state index in [1.54, 1.807) is 0 Å². The summed E-state index contributed by atoms with van der Waals surface area (Å²) in [4.78, 5) is 12.0. The summed E-state index contributed by atoms with van der Waals surface area (Å²) < 4.78 is 5.54. The summed E-state index contributed by atoms with van der Waals surface area (Å²) in [7, 11) is 0. The number of aliphatic hydroxyl groups is 1. The summed E-state index contributed by atoms with van der Waals surface area (Å²) in [6.45, 7) is 6.82. The number of rotatable bonds is 3. The van der Waals surface area contributed by atoms with Gasteiger partial charge in [-0.2, -0.15) is 0 Å². The second kappa shape index (κ2) is 5.41. The van der Waals surface area contributed by atoms with Crippen LogP contribution in [0.4, 0.5) is 0 Å². The molecule has 2 fully saturated rings. The van der Waals surface area contributed by atoms with Gasteiger partial charge in [0.05, 0.1) is 11.7 Å². The molecule has 4 heteroatoms. The van der Waals surface area contributed by atoms with Gasteiger partial charge in [-0.05, 0) is 50.9 Å². The fraction of sp³-hybridized carbons (Fsp3) is 0.933. The summed E-state index contributed by atoms with van der Waals surface area (Å²) >= 11 is 0. The molecule has 2 aliphatic rings. The maximum Gasteiger partial charge on any atom is 0.249 e. The lowest BCUT2D eigenvalue weighted by Gasteiger charge is -2.40. The van der Waals surface area contributed by atoms with Crippen molar-refractivity contribution in [3.05, 3.63) is 0 Å². The van der Waals surface area contributed by atoms with Crippen LogP contribution >= 0.6 is 0 Å². The van der Waals surface area contributed by atoms with Crippen LogP contribution in [0.2, 0.25) is 0 Å². The Labute approximate surface area is 115 Å². The number of carbonyl (C=O) groups is 1. The third-order valence-corrected chi connectivity index (χ3v) is 4.65. The number of hydrogen-bond donors (Lipinski definition) is 2. The van der Waals surface area contributed by atoms with Crippen LogP contribution in [0, 0.1) is 5.41 Å². The van der Waals surface area contributed by atoms with Crippen LogP contribution in [-0.2, 0) is 9.53 Å². The highest BCUT2D eigenvalue weighted by atomic mass is 16.5. The molecule has 1 saturated heterocycles. The van der Waals surface area contributed by atoms with Gasteiger partial charge < -0.3 is 15.2 Å². The van der Waals surface area contributed by atoms with Gasteiger partial charge in [-0.25, -0.2) is 0 Å². The van der Waals surface area contributed by atoms with Crippen molar-refractivity contribution in [1.82, 2.24) is 5.32 Å². The molecule has 1 aliphatic carbocycles. The number of nitrogens with one attached hydrogen (secondary N) is 1. The average Bonchev–Trinajstić information content (AvgIpc) is 2.78. The predicted molar refractivity (Wildman–Crippen MR) is 73.8 cm³/mol. The first kappa shape index (κ1) is 14.8. The van der Waals surface area contributed by atoms with E-state index in [0.29, 0.717) is 12.0 Å². The van der Waals surface area contributed by atoms with Gasteiger partial charge in [0, 0.05) is 6.54 Å². The molecule has 0 bridgehead atoms. The molecular formula is C15H27NO3. The van der Waals surface area contributed by atoms with E-state index in [-0.39, 0.29) is 18.1 Å². The van der Waals surface area contributed by atoms with E-state index in [9.17, 15) is 9.90 Å². The van der Waals surface area contributed by atoms with Gasteiger partial charge in [0.1, 0.15) is 6.10 Å². The standard InChI is InChI=1S/C15H27NO3/c1-11-4-5-12(19-11)13(17)16-10-15(18)8-6-14(2,3)7-9-15/h11-12,18H,4-10H2,1-3H3,(H,16,17). The molecule has 1 saturated carbocycles. The van der Waals surface area contributed by atoms with Gasteiger partial charge in [-0.15, -0.1) is 0 Å². The Morgan fingerprint density at radius 2 is 1.89 bits per heavy atom. The van der Waals surface area contributed by atoms with E-state index in [1.807, 2.05) is 6.92 Å². The third-order valence-electron chi connectivity index (χ3n) is 4.65. The van der Waals surface area contributed by atoms with Gasteiger partial charge >= 0.3 is 0 Å². The van der Waals surface area contributed by atoms with E-state index in [1.165, 1.54) is 0 Å². The van der Waals surface area contributed by atoms with E-state index in [0.717, 1.165) is 38.5 Å². The largest absolute Gasteiger partial charge is 0.388 e. The zero-order valence-corrected chi connectivity index (χ0v) is 12.4. The fourth-order valence-corrected chi connectivity index (χ4v) is 2.93. The summed E-state index contributed by atoms with van der Waals surface area (Å²) in [6, 6.07) is 0. The van der Waals surface area contributed by atoms with Crippen molar-refractivity contribution in [2.24, 2.45) is 5.41 Å². The Balaban J connectivity index is 1.77. The van der Waals surface area contributed by atoms with Crippen molar-refractivity contribution in [2.45, 2.75) is 77.1 Å². The zero-order chi connectivity index (χ0) is 14.1. The molecule has 2 rings (SSSR count). The van der Waals surface area contributed by atoms with Gasteiger partial charge in [-0.1, -0.05) is 13.8 Å². The number of amides is 1. The Bertz CT molecular complexity index is 330. The lowest BCUT2D eigenvalue weighted by molar-refractivity contribution is -0.133. The second-order valence-corrected chi connectivity index (χ2v) is 7.12. The molecule has 1 aliphatic heterocycles. The van der Waals surface area contributed by atoms with Gasteiger partial charge in [0.25, 0.3) is 0 Å². The van der Waals surface area contributed by atoms with Crippen LogP contribution in [0.25, 0.3) is 0 Å². The first-order chi connectivity index (χ1) is 8.80. The van der Waals surface area contributed by atoms with Gasteiger partial charge in [0.15, 0.2) is 0 Å². The lowest BCUT2D eigenvalue weighted by Crippen LogP contribution is -2.48. The fourth-order valence-electron chi connectivity index (χ4n) is 2.93. The highest BCUT2D eigenvalue weighted by molar-refractivity contribution is 5.81. The molecule has 1 heterocycles. The molecule has 2 N–H and O–H groups in total. The predicted octanol–water partition coefficient (Wildman–Crippen LogP) is 2.00. The summed E-state index contributed by atoms with van der Waals surface area (Å²) in [5, 5.41) is 13.4. The maximum atomic E-state index is 12.0. The zero-order valence-electron chi connectivity index (χ0n) is 12.4. The molecule has 19 heavy (non-hydrogen) atoms. The minimum atomic E-state index is -0.727. The molecular weight excluding hydrogens is 242 g/mol. The average molecular weight is 269 g/mol. The summed E-state index contributed by atoms with van der Waals surface area (Å²) in [5.41, 5.74) is -0.407. The Morgan fingerprint density at radius 1 is 1.26 bits per heavy atom. The SMILES string of the molecule is CC1CCC(C(=O)NCC2(O)CCC(C)(C)CC2)O1. The smallest absolute Gasteiger partial charge is 0.249 e. The molecule has 0 spiro atoms. The van der Waals surface area contributed by atoms with Crippen molar-refractivity contribution >= 4 is 5.91 Å². The topological polar surface area (TPSA) is 58.6 Å². The molecule has 110 valence electrons.